The predicted octanol–water partition coefficient (Wildman–Crippen LogP) is 0.0120. The van der Waals surface area contributed by atoms with E-state index in [0.717, 1.165) is 10.9 Å². The molecule has 7 nitrogen and oxygen atoms in total. The molecule has 2 N–H and O–H groups in total. The molecule has 1 rings (SSSR count). The third kappa shape index (κ3) is 1.87. The van der Waals surface area contributed by atoms with Gasteiger partial charge in [0.05, 0.1) is 6.20 Å². The summed E-state index contributed by atoms with van der Waals surface area (Å²) in [6, 6.07) is -0.865. The van der Waals surface area contributed by atoms with E-state index in [9.17, 15) is 9.59 Å². The first-order chi connectivity index (χ1) is 6.56. The quantitative estimate of drug-likeness (QED) is 0.707. The number of rotatable bonds is 4. The molecule has 0 amide bonds. The Morgan fingerprint density at radius 3 is 2.57 bits per heavy atom. The lowest BCUT2D eigenvalue weighted by atomic mass is 10.2. The Morgan fingerprint density at radius 1 is 1.57 bits per heavy atom. The first kappa shape index (κ1) is 10.2. The molecular formula is C7H9N3O4. The van der Waals surface area contributed by atoms with Crippen LogP contribution in [0.1, 0.15) is 29.9 Å². The van der Waals surface area contributed by atoms with Gasteiger partial charge in [0, 0.05) is 0 Å². The number of hydrogen-bond donors (Lipinski definition) is 2. The number of carboxylic acid groups (broad SMARTS) is 2. The first-order valence-electron chi connectivity index (χ1n) is 3.94. The lowest BCUT2D eigenvalue weighted by molar-refractivity contribution is -0.141. The van der Waals surface area contributed by atoms with Crippen molar-refractivity contribution in [2.75, 3.05) is 0 Å². The molecule has 0 spiro atoms. The predicted molar refractivity (Wildman–Crippen MR) is 43.9 cm³/mol. The Balaban J connectivity index is 2.95. The first-order valence-corrected chi connectivity index (χ1v) is 3.94. The van der Waals surface area contributed by atoms with Gasteiger partial charge < -0.3 is 10.2 Å². The number of nitrogens with zero attached hydrogens (tertiary/aromatic N) is 3. The molecule has 7 heteroatoms. The van der Waals surface area contributed by atoms with Crippen LogP contribution >= 0.6 is 0 Å². The van der Waals surface area contributed by atoms with E-state index in [1.807, 2.05) is 0 Å². The van der Waals surface area contributed by atoms with Gasteiger partial charge >= 0.3 is 11.9 Å². The zero-order valence-corrected chi connectivity index (χ0v) is 7.41. The van der Waals surface area contributed by atoms with Crippen molar-refractivity contribution >= 4 is 11.9 Å². The van der Waals surface area contributed by atoms with Crippen molar-refractivity contribution in [3.05, 3.63) is 11.9 Å². The SMILES string of the molecule is CCC(C(=O)O)n1cc(C(=O)O)nn1. The lowest BCUT2D eigenvalue weighted by Gasteiger charge is -2.07. The van der Waals surface area contributed by atoms with Crippen LogP contribution in [-0.2, 0) is 4.79 Å². The van der Waals surface area contributed by atoms with Crippen LogP contribution < -0.4 is 0 Å². The van der Waals surface area contributed by atoms with Gasteiger partial charge in [0.1, 0.15) is 0 Å². The monoisotopic (exact) mass is 199 g/mol. The van der Waals surface area contributed by atoms with Crippen molar-refractivity contribution in [3.8, 4) is 0 Å². The van der Waals surface area contributed by atoms with Crippen molar-refractivity contribution < 1.29 is 19.8 Å². The molecule has 1 aromatic heterocycles. The maximum Gasteiger partial charge on any atom is 0.358 e. The Hall–Kier alpha value is -1.92. The van der Waals surface area contributed by atoms with Gasteiger partial charge in [-0.3, -0.25) is 0 Å². The molecule has 0 bridgehead atoms. The van der Waals surface area contributed by atoms with Gasteiger partial charge in [-0.15, -0.1) is 5.10 Å². The van der Waals surface area contributed by atoms with E-state index in [4.69, 9.17) is 10.2 Å². The van der Waals surface area contributed by atoms with Crippen molar-refractivity contribution in [1.29, 1.82) is 0 Å². The molecular weight excluding hydrogens is 190 g/mol. The molecule has 0 aliphatic carbocycles. The summed E-state index contributed by atoms with van der Waals surface area (Å²) in [4.78, 5) is 21.1. The number of carboxylic acids is 2. The second kappa shape index (κ2) is 3.86. The van der Waals surface area contributed by atoms with Crippen molar-refractivity contribution in [2.24, 2.45) is 0 Å². The topological polar surface area (TPSA) is 105 Å². The lowest BCUT2D eigenvalue weighted by Crippen LogP contribution is -2.18. The Labute approximate surface area is 79.0 Å². The van der Waals surface area contributed by atoms with Crippen LogP contribution in [0.4, 0.5) is 0 Å². The summed E-state index contributed by atoms with van der Waals surface area (Å²) in [6.07, 6.45) is 1.42. The summed E-state index contributed by atoms with van der Waals surface area (Å²) in [5.74, 6) is -2.29. The van der Waals surface area contributed by atoms with Crippen LogP contribution in [0.5, 0.6) is 0 Å². The molecule has 1 unspecified atom stereocenters. The summed E-state index contributed by atoms with van der Waals surface area (Å²) < 4.78 is 1.03. The van der Waals surface area contributed by atoms with Crippen LogP contribution in [0, 0.1) is 0 Å². The molecule has 0 aliphatic rings. The van der Waals surface area contributed by atoms with Gasteiger partial charge in [0.2, 0.25) is 0 Å². The highest BCUT2D eigenvalue weighted by Crippen LogP contribution is 2.09. The zero-order chi connectivity index (χ0) is 10.7. The highest BCUT2D eigenvalue weighted by molar-refractivity contribution is 5.84. The molecule has 0 aromatic carbocycles. The highest BCUT2D eigenvalue weighted by Gasteiger charge is 2.20. The van der Waals surface area contributed by atoms with Gasteiger partial charge in [-0.25, -0.2) is 14.3 Å². The third-order valence-electron chi connectivity index (χ3n) is 1.72. The fourth-order valence-electron chi connectivity index (χ4n) is 1.00. The average molecular weight is 199 g/mol. The number of hydrogen-bond acceptors (Lipinski definition) is 4. The summed E-state index contributed by atoms with van der Waals surface area (Å²) in [6.45, 7) is 1.67. The maximum atomic E-state index is 10.7. The van der Waals surface area contributed by atoms with E-state index in [1.165, 1.54) is 0 Å². The minimum absolute atomic E-state index is 0.260. The van der Waals surface area contributed by atoms with Crippen LogP contribution in [0.25, 0.3) is 0 Å². The van der Waals surface area contributed by atoms with Crippen LogP contribution in [0.15, 0.2) is 6.20 Å². The molecule has 14 heavy (non-hydrogen) atoms. The minimum atomic E-state index is -1.23. The summed E-state index contributed by atoms with van der Waals surface area (Å²) >= 11 is 0. The Morgan fingerprint density at radius 2 is 2.21 bits per heavy atom. The number of carbonyl (C=O) groups is 2. The van der Waals surface area contributed by atoms with Crippen LogP contribution in [0.3, 0.4) is 0 Å². The van der Waals surface area contributed by atoms with E-state index in [0.29, 0.717) is 6.42 Å². The molecule has 76 valence electrons. The molecule has 0 saturated carbocycles. The van der Waals surface area contributed by atoms with Crippen LogP contribution in [-0.4, -0.2) is 37.1 Å². The van der Waals surface area contributed by atoms with Gasteiger partial charge in [-0.05, 0) is 6.42 Å². The molecule has 0 saturated heterocycles. The van der Waals surface area contributed by atoms with E-state index in [2.05, 4.69) is 10.3 Å². The maximum absolute atomic E-state index is 10.7. The molecule has 0 aliphatic heterocycles. The average Bonchev–Trinajstić information content (AvgIpc) is 2.53. The number of aromatic carboxylic acids is 1. The third-order valence-corrected chi connectivity index (χ3v) is 1.72. The summed E-state index contributed by atoms with van der Waals surface area (Å²) in [5, 5.41) is 24.0. The van der Waals surface area contributed by atoms with E-state index in [1.54, 1.807) is 6.92 Å². The summed E-state index contributed by atoms with van der Waals surface area (Å²) in [5.41, 5.74) is -0.260. The molecule has 1 aromatic rings. The number of aliphatic carboxylic acids is 1. The van der Waals surface area contributed by atoms with E-state index < -0.39 is 18.0 Å². The second-order valence-corrected chi connectivity index (χ2v) is 2.65. The summed E-state index contributed by atoms with van der Waals surface area (Å²) in [7, 11) is 0. The molecule has 1 atom stereocenters. The molecule has 0 radical (unpaired) electrons. The Bertz CT molecular complexity index is 360. The van der Waals surface area contributed by atoms with E-state index >= 15 is 0 Å². The fourth-order valence-corrected chi connectivity index (χ4v) is 1.00. The van der Waals surface area contributed by atoms with Gasteiger partial charge in [-0.1, -0.05) is 12.1 Å². The minimum Gasteiger partial charge on any atom is -0.480 e. The second-order valence-electron chi connectivity index (χ2n) is 2.65. The highest BCUT2D eigenvalue weighted by atomic mass is 16.4. The largest absolute Gasteiger partial charge is 0.480 e. The van der Waals surface area contributed by atoms with Gasteiger partial charge in [0.25, 0.3) is 0 Å². The van der Waals surface area contributed by atoms with Gasteiger partial charge in [0.15, 0.2) is 11.7 Å². The van der Waals surface area contributed by atoms with Crippen molar-refractivity contribution in [3.63, 3.8) is 0 Å². The molecule has 1 heterocycles. The van der Waals surface area contributed by atoms with Gasteiger partial charge in [-0.2, -0.15) is 0 Å². The Kier molecular flexibility index (Phi) is 2.80. The van der Waals surface area contributed by atoms with Crippen molar-refractivity contribution in [2.45, 2.75) is 19.4 Å². The standard InChI is InChI=1S/C7H9N3O4/c1-2-5(7(13)14)10-3-4(6(11)12)8-9-10/h3,5H,2H2,1H3,(H,11,12)(H,13,14). The normalized spacial score (nSPS) is 12.4. The van der Waals surface area contributed by atoms with E-state index in [-0.39, 0.29) is 5.69 Å². The van der Waals surface area contributed by atoms with Crippen LogP contribution in [0.2, 0.25) is 0 Å². The fraction of sp³-hybridized carbons (Fsp3) is 0.429. The smallest absolute Gasteiger partial charge is 0.358 e. The number of aromatic nitrogens is 3. The molecule has 0 fully saturated rings. The van der Waals surface area contributed by atoms with Crippen molar-refractivity contribution in [1.82, 2.24) is 15.0 Å². The zero-order valence-electron chi connectivity index (χ0n) is 7.41.